The molecule has 0 unspecified atom stereocenters. The van der Waals surface area contributed by atoms with E-state index in [1.807, 2.05) is 36.4 Å². The van der Waals surface area contributed by atoms with Gasteiger partial charge in [-0.1, -0.05) is 30.3 Å². The highest BCUT2D eigenvalue weighted by atomic mass is 16.5. The van der Waals surface area contributed by atoms with Crippen LogP contribution >= 0.6 is 0 Å². The lowest BCUT2D eigenvalue weighted by molar-refractivity contribution is 0.292. The molecule has 0 fully saturated rings. The molecule has 24 heavy (non-hydrogen) atoms. The first kappa shape index (κ1) is 18.1. The van der Waals surface area contributed by atoms with Crippen molar-refractivity contribution in [2.75, 3.05) is 33.9 Å². The van der Waals surface area contributed by atoms with Gasteiger partial charge in [0.15, 0.2) is 11.5 Å². The lowest BCUT2D eigenvalue weighted by atomic mass is 10.1. The Bertz CT molecular complexity index is 547. The number of benzene rings is 2. The molecule has 0 aromatic heterocycles. The number of hydrogen-bond acceptors (Lipinski definition) is 4. The van der Waals surface area contributed by atoms with Gasteiger partial charge in [0.2, 0.25) is 0 Å². The molecule has 0 aliphatic carbocycles. The third kappa shape index (κ3) is 5.78. The summed E-state index contributed by atoms with van der Waals surface area (Å²) in [6.45, 7) is 2.45. The SMILES string of the molecule is COc1ccccc1CCCCNCCOc1ccccc1OC. The van der Waals surface area contributed by atoms with Crippen molar-refractivity contribution in [3.05, 3.63) is 54.1 Å². The van der Waals surface area contributed by atoms with Crippen LogP contribution in [-0.4, -0.2) is 33.9 Å². The normalized spacial score (nSPS) is 10.4. The number of methoxy groups -OCH3 is 2. The van der Waals surface area contributed by atoms with Crippen molar-refractivity contribution in [2.45, 2.75) is 19.3 Å². The van der Waals surface area contributed by atoms with E-state index in [4.69, 9.17) is 14.2 Å². The maximum Gasteiger partial charge on any atom is 0.161 e. The van der Waals surface area contributed by atoms with E-state index in [1.165, 1.54) is 5.56 Å². The fourth-order valence-corrected chi connectivity index (χ4v) is 2.57. The number of ether oxygens (including phenoxy) is 3. The molecule has 2 aromatic rings. The van der Waals surface area contributed by atoms with E-state index in [1.54, 1.807) is 14.2 Å². The first-order chi connectivity index (χ1) is 11.8. The second-order valence-corrected chi connectivity index (χ2v) is 5.52. The molecule has 0 saturated carbocycles. The van der Waals surface area contributed by atoms with E-state index in [9.17, 15) is 0 Å². The second kappa shape index (κ2) is 10.6. The summed E-state index contributed by atoms with van der Waals surface area (Å²) < 4.78 is 16.4. The van der Waals surface area contributed by atoms with Gasteiger partial charge in [-0.25, -0.2) is 0 Å². The van der Waals surface area contributed by atoms with Crippen LogP contribution in [0.4, 0.5) is 0 Å². The van der Waals surface area contributed by atoms with Crippen LogP contribution in [0.3, 0.4) is 0 Å². The average molecular weight is 329 g/mol. The molecular formula is C20H27NO3. The molecule has 2 rings (SSSR count). The highest BCUT2D eigenvalue weighted by Gasteiger charge is 2.02. The van der Waals surface area contributed by atoms with Gasteiger partial charge in [0.05, 0.1) is 14.2 Å². The third-order valence-corrected chi connectivity index (χ3v) is 3.85. The summed E-state index contributed by atoms with van der Waals surface area (Å²) >= 11 is 0. The number of hydrogen-bond donors (Lipinski definition) is 1. The van der Waals surface area contributed by atoms with Crippen LogP contribution in [-0.2, 0) is 6.42 Å². The van der Waals surface area contributed by atoms with Crippen molar-refractivity contribution in [1.82, 2.24) is 5.32 Å². The first-order valence-corrected chi connectivity index (χ1v) is 8.43. The average Bonchev–Trinajstić information content (AvgIpc) is 2.64. The van der Waals surface area contributed by atoms with Gasteiger partial charge in [-0.15, -0.1) is 0 Å². The smallest absolute Gasteiger partial charge is 0.161 e. The molecule has 0 bridgehead atoms. The molecule has 0 heterocycles. The van der Waals surface area contributed by atoms with Crippen LogP contribution in [0.25, 0.3) is 0 Å². The summed E-state index contributed by atoms with van der Waals surface area (Å²) in [5, 5.41) is 3.41. The summed E-state index contributed by atoms with van der Waals surface area (Å²) in [6, 6.07) is 15.9. The van der Waals surface area contributed by atoms with E-state index in [0.29, 0.717) is 6.61 Å². The standard InChI is InChI=1S/C20H27NO3/c1-22-18-11-4-3-9-17(18)10-7-8-14-21-15-16-24-20-13-6-5-12-19(20)23-2/h3-6,9,11-13,21H,7-8,10,14-16H2,1-2H3. The van der Waals surface area contributed by atoms with E-state index in [2.05, 4.69) is 17.4 Å². The Hall–Kier alpha value is -2.20. The van der Waals surface area contributed by atoms with E-state index < -0.39 is 0 Å². The molecule has 4 heteroatoms. The van der Waals surface area contributed by atoms with Crippen LogP contribution in [0.1, 0.15) is 18.4 Å². The predicted molar refractivity (Wildman–Crippen MR) is 97.3 cm³/mol. The molecular weight excluding hydrogens is 302 g/mol. The van der Waals surface area contributed by atoms with E-state index >= 15 is 0 Å². The van der Waals surface area contributed by atoms with Crippen LogP contribution < -0.4 is 19.5 Å². The van der Waals surface area contributed by atoms with Gasteiger partial charge in [-0.2, -0.15) is 0 Å². The Balaban J connectivity index is 1.56. The maximum atomic E-state index is 5.73. The molecule has 2 aromatic carbocycles. The van der Waals surface area contributed by atoms with Crippen LogP contribution in [0, 0.1) is 0 Å². The Morgan fingerprint density at radius 3 is 2.17 bits per heavy atom. The van der Waals surface area contributed by atoms with Gasteiger partial charge in [-0.3, -0.25) is 0 Å². The number of aryl methyl sites for hydroxylation is 1. The first-order valence-electron chi connectivity index (χ1n) is 8.43. The molecule has 0 aliphatic rings. The summed E-state index contributed by atoms with van der Waals surface area (Å²) in [6.07, 6.45) is 3.32. The molecule has 1 N–H and O–H groups in total. The fraction of sp³-hybridized carbons (Fsp3) is 0.400. The van der Waals surface area contributed by atoms with Gasteiger partial charge >= 0.3 is 0 Å². The van der Waals surface area contributed by atoms with Crippen LogP contribution in [0.2, 0.25) is 0 Å². The van der Waals surface area contributed by atoms with Crippen molar-refractivity contribution in [3.8, 4) is 17.2 Å². The summed E-state index contributed by atoms with van der Waals surface area (Å²) in [7, 11) is 3.38. The minimum absolute atomic E-state index is 0.632. The molecule has 0 atom stereocenters. The number of para-hydroxylation sites is 3. The van der Waals surface area contributed by atoms with E-state index in [0.717, 1.165) is 49.6 Å². The Morgan fingerprint density at radius 2 is 1.42 bits per heavy atom. The summed E-state index contributed by atoms with van der Waals surface area (Å²) in [5.74, 6) is 2.54. The zero-order valence-corrected chi connectivity index (χ0v) is 14.6. The summed E-state index contributed by atoms with van der Waals surface area (Å²) in [4.78, 5) is 0. The number of nitrogens with one attached hydrogen (secondary N) is 1. The van der Waals surface area contributed by atoms with Gasteiger partial charge in [0.25, 0.3) is 0 Å². The van der Waals surface area contributed by atoms with Gasteiger partial charge in [0.1, 0.15) is 12.4 Å². The zero-order chi connectivity index (χ0) is 17.0. The second-order valence-electron chi connectivity index (χ2n) is 5.52. The molecule has 0 spiro atoms. The zero-order valence-electron chi connectivity index (χ0n) is 14.6. The number of unbranched alkanes of at least 4 members (excludes halogenated alkanes) is 1. The lowest BCUT2D eigenvalue weighted by Crippen LogP contribution is -2.22. The molecule has 0 saturated heterocycles. The minimum Gasteiger partial charge on any atom is -0.496 e. The van der Waals surface area contributed by atoms with Crippen molar-refractivity contribution >= 4 is 0 Å². The fourth-order valence-electron chi connectivity index (χ4n) is 2.57. The quantitative estimate of drug-likeness (QED) is 0.638. The molecule has 0 amide bonds. The molecule has 0 aliphatic heterocycles. The van der Waals surface area contributed by atoms with Crippen molar-refractivity contribution < 1.29 is 14.2 Å². The molecule has 130 valence electrons. The maximum absolute atomic E-state index is 5.73. The Kier molecular flexibility index (Phi) is 7.98. The predicted octanol–water partition coefficient (Wildman–Crippen LogP) is 3.70. The third-order valence-electron chi connectivity index (χ3n) is 3.85. The Morgan fingerprint density at radius 1 is 0.750 bits per heavy atom. The van der Waals surface area contributed by atoms with Crippen molar-refractivity contribution in [2.24, 2.45) is 0 Å². The molecule has 4 nitrogen and oxygen atoms in total. The Labute approximate surface area is 144 Å². The van der Waals surface area contributed by atoms with Gasteiger partial charge in [-0.05, 0) is 49.6 Å². The van der Waals surface area contributed by atoms with Gasteiger partial charge < -0.3 is 19.5 Å². The largest absolute Gasteiger partial charge is 0.496 e. The van der Waals surface area contributed by atoms with Crippen molar-refractivity contribution in [3.63, 3.8) is 0 Å². The highest BCUT2D eigenvalue weighted by Crippen LogP contribution is 2.25. The molecule has 0 radical (unpaired) electrons. The van der Waals surface area contributed by atoms with Crippen molar-refractivity contribution in [1.29, 1.82) is 0 Å². The summed E-state index contributed by atoms with van der Waals surface area (Å²) in [5.41, 5.74) is 1.28. The van der Waals surface area contributed by atoms with Crippen LogP contribution in [0.5, 0.6) is 17.2 Å². The minimum atomic E-state index is 0.632. The highest BCUT2D eigenvalue weighted by molar-refractivity contribution is 5.39. The van der Waals surface area contributed by atoms with Gasteiger partial charge in [0, 0.05) is 6.54 Å². The monoisotopic (exact) mass is 329 g/mol. The number of rotatable bonds is 11. The van der Waals surface area contributed by atoms with E-state index in [-0.39, 0.29) is 0 Å². The van der Waals surface area contributed by atoms with Crippen LogP contribution in [0.15, 0.2) is 48.5 Å². The topological polar surface area (TPSA) is 39.7 Å². The lowest BCUT2D eigenvalue weighted by Gasteiger charge is -2.11.